The molecule has 0 saturated heterocycles. The molecule has 3 aromatic rings. The van der Waals surface area contributed by atoms with Crippen molar-refractivity contribution < 1.29 is 19.1 Å². The van der Waals surface area contributed by atoms with Crippen LogP contribution in [-0.2, 0) is 14.3 Å². The van der Waals surface area contributed by atoms with Crippen molar-refractivity contribution in [3.63, 3.8) is 0 Å². The van der Waals surface area contributed by atoms with E-state index >= 15 is 0 Å². The lowest BCUT2D eigenvalue weighted by molar-refractivity contribution is -0.158. The van der Waals surface area contributed by atoms with Crippen molar-refractivity contribution in [2.75, 3.05) is 5.32 Å². The first-order valence-corrected chi connectivity index (χ1v) is 10.4. The molecule has 0 bridgehead atoms. The molecule has 0 radical (unpaired) electrons. The highest BCUT2D eigenvalue weighted by Crippen LogP contribution is 2.19. The molecule has 0 aliphatic rings. The summed E-state index contributed by atoms with van der Waals surface area (Å²) in [5, 5.41) is 5.51. The first kappa shape index (κ1) is 22.7. The number of anilines is 1. The standard InChI is InChI=1S/C26H26N2O4/c1-18(2)23(25(30)27-21-16-10-5-11-17-21)32-26(31)22(19-12-6-3-7-13-19)28-24(29)20-14-8-4-9-15-20/h3-18,22-23H,1-2H3,(H,27,30)(H,28,29)/t22-,23+/m0/s1. The molecule has 0 unspecified atom stereocenters. The molecular weight excluding hydrogens is 404 g/mol. The summed E-state index contributed by atoms with van der Waals surface area (Å²) in [6, 6.07) is 25.3. The van der Waals surface area contributed by atoms with Crippen LogP contribution in [0.1, 0.15) is 35.8 Å². The number of hydrogen-bond acceptors (Lipinski definition) is 4. The van der Waals surface area contributed by atoms with Gasteiger partial charge >= 0.3 is 5.97 Å². The topological polar surface area (TPSA) is 84.5 Å². The minimum atomic E-state index is -1.06. The number of benzene rings is 3. The molecule has 0 aliphatic carbocycles. The summed E-state index contributed by atoms with van der Waals surface area (Å²) in [4.78, 5) is 38.7. The maximum atomic E-state index is 13.2. The van der Waals surface area contributed by atoms with Crippen LogP contribution in [0, 0.1) is 5.92 Å². The van der Waals surface area contributed by atoms with Crippen molar-refractivity contribution in [2.24, 2.45) is 5.92 Å². The average molecular weight is 431 g/mol. The number of ether oxygens (including phenoxy) is 1. The van der Waals surface area contributed by atoms with Crippen LogP contribution < -0.4 is 10.6 Å². The van der Waals surface area contributed by atoms with Crippen LogP contribution in [0.25, 0.3) is 0 Å². The van der Waals surface area contributed by atoms with Crippen molar-refractivity contribution in [2.45, 2.75) is 26.0 Å². The van der Waals surface area contributed by atoms with Crippen molar-refractivity contribution in [3.8, 4) is 0 Å². The van der Waals surface area contributed by atoms with Crippen LogP contribution in [-0.4, -0.2) is 23.9 Å². The number of hydrogen-bond donors (Lipinski definition) is 2. The lowest BCUT2D eigenvalue weighted by Gasteiger charge is -2.24. The molecular formula is C26H26N2O4. The monoisotopic (exact) mass is 430 g/mol. The molecule has 3 aromatic carbocycles. The third kappa shape index (κ3) is 6.04. The molecule has 32 heavy (non-hydrogen) atoms. The number of carbonyl (C=O) groups excluding carboxylic acids is 3. The van der Waals surface area contributed by atoms with E-state index in [9.17, 15) is 14.4 Å². The minimum absolute atomic E-state index is 0.274. The van der Waals surface area contributed by atoms with E-state index in [-0.39, 0.29) is 5.92 Å². The van der Waals surface area contributed by atoms with Gasteiger partial charge in [-0.15, -0.1) is 0 Å². The Morgan fingerprint density at radius 2 is 1.28 bits per heavy atom. The predicted molar refractivity (Wildman–Crippen MR) is 123 cm³/mol. The summed E-state index contributed by atoms with van der Waals surface area (Å²) >= 11 is 0. The molecule has 0 heterocycles. The minimum Gasteiger partial charge on any atom is -0.450 e. The molecule has 0 saturated carbocycles. The molecule has 2 N–H and O–H groups in total. The Bertz CT molecular complexity index is 1040. The van der Waals surface area contributed by atoms with E-state index in [1.54, 1.807) is 92.7 Å². The first-order chi connectivity index (χ1) is 15.5. The number of nitrogens with one attached hydrogen (secondary N) is 2. The van der Waals surface area contributed by atoms with E-state index < -0.39 is 29.9 Å². The van der Waals surface area contributed by atoms with Gasteiger partial charge in [0.15, 0.2) is 12.1 Å². The summed E-state index contributed by atoms with van der Waals surface area (Å²) in [5.41, 5.74) is 1.59. The molecule has 6 nitrogen and oxygen atoms in total. The van der Waals surface area contributed by atoms with Gasteiger partial charge in [0.05, 0.1) is 0 Å². The number of esters is 1. The Labute approximate surface area is 187 Å². The van der Waals surface area contributed by atoms with Crippen molar-refractivity contribution in [1.82, 2.24) is 5.32 Å². The fourth-order valence-electron chi connectivity index (χ4n) is 3.15. The van der Waals surface area contributed by atoms with E-state index in [1.807, 2.05) is 12.1 Å². The normalized spacial score (nSPS) is 12.5. The lowest BCUT2D eigenvalue weighted by Crippen LogP contribution is -2.41. The number of rotatable bonds is 8. The fraction of sp³-hybridized carbons (Fsp3) is 0.192. The highest BCUT2D eigenvalue weighted by molar-refractivity contribution is 5.98. The number of amides is 2. The summed E-state index contributed by atoms with van der Waals surface area (Å²) in [7, 11) is 0. The largest absolute Gasteiger partial charge is 0.450 e. The fourth-order valence-corrected chi connectivity index (χ4v) is 3.15. The van der Waals surface area contributed by atoms with E-state index in [0.29, 0.717) is 16.8 Å². The SMILES string of the molecule is CC(C)[C@@H](OC(=O)[C@@H](NC(=O)c1ccccc1)c1ccccc1)C(=O)Nc1ccccc1. The van der Waals surface area contributed by atoms with Gasteiger partial charge in [-0.25, -0.2) is 4.79 Å². The third-order valence-electron chi connectivity index (χ3n) is 4.83. The van der Waals surface area contributed by atoms with E-state index in [4.69, 9.17) is 4.74 Å². The van der Waals surface area contributed by atoms with Crippen LogP contribution in [0.3, 0.4) is 0 Å². The zero-order valence-electron chi connectivity index (χ0n) is 18.0. The van der Waals surface area contributed by atoms with Gasteiger partial charge in [0.2, 0.25) is 0 Å². The average Bonchev–Trinajstić information content (AvgIpc) is 2.82. The van der Waals surface area contributed by atoms with Crippen LogP contribution in [0.15, 0.2) is 91.0 Å². The van der Waals surface area contributed by atoms with Crippen LogP contribution in [0.2, 0.25) is 0 Å². The second kappa shape index (κ2) is 10.9. The molecule has 2 amide bonds. The smallest absolute Gasteiger partial charge is 0.334 e. The number of para-hydroxylation sites is 1. The second-order valence-electron chi connectivity index (χ2n) is 7.64. The van der Waals surface area contributed by atoms with Crippen molar-refractivity contribution in [1.29, 1.82) is 0 Å². The molecule has 164 valence electrons. The lowest BCUT2D eigenvalue weighted by atomic mass is 10.0. The molecule has 0 aromatic heterocycles. The summed E-state index contributed by atoms with van der Waals surface area (Å²) in [6.45, 7) is 3.59. The quantitative estimate of drug-likeness (QED) is 0.520. The third-order valence-corrected chi connectivity index (χ3v) is 4.83. The summed E-state index contributed by atoms with van der Waals surface area (Å²) < 4.78 is 5.63. The zero-order valence-corrected chi connectivity index (χ0v) is 18.0. The highest BCUT2D eigenvalue weighted by atomic mass is 16.5. The number of carbonyl (C=O) groups is 3. The second-order valence-corrected chi connectivity index (χ2v) is 7.64. The Balaban J connectivity index is 1.79. The molecule has 3 rings (SSSR count). The van der Waals surface area contributed by atoms with E-state index in [1.165, 1.54) is 0 Å². The van der Waals surface area contributed by atoms with Gasteiger partial charge in [-0.3, -0.25) is 9.59 Å². The molecule has 6 heteroatoms. The molecule has 0 spiro atoms. The van der Waals surface area contributed by atoms with Crippen molar-refractivity contribution in [3.05, 3.63) is 102 Å². The van der Waals surface area contributed by atoms with Gasteiger partial charge in [-0.05, 0) is 35.7 Å². The van der Waals surface area contributed by atoms with Gasteiger partial charge in [0, 0.05) is 11.3 Å². The molecule has 0 aliphatic heterocycles. The van der Waals surface area contributed by atoms with Crippen LogP contribution in [0.5, 0.6) is 0 Å². The van der Waals surface area contributed by atoms with Gasteiger partial charge in [0.1, 0.15) is 0 Å². The van der Waals surface area contributed by atoms with Gasteiger partial charge in [-0.2, -0.15) is 0 Å². The summed E-state index contributed by atoms with van der Waals surface area (Å²) in [6.07, 6.45) is -1.03. The summed E-state index contributed by atoms with van der Waals surface area (Å²) in [5.74, 6) is -1.82. The predicted octanol–water partition coefficient (Wildman–Crippen LogP) is 4.36. The van der Waals surface area contributed by atoms with Crippen molar-refractivity contribution >= 4 is 23.5 Å². The zero-order chi connectivity index (χ0) is 22.9. The Morgan fingerprint density at radius 3 is 1.84 bits per heavy atom. The highest BCUT2D eigenvalue weighted by Gasteiger charge is 2.32. The Hall–Kier alpha value is -3.93. The Kier molecular flexibility index (Phi) is 7.75. The van der Waals surface area contributed by atoms with Crippen LogP contribution >= 0.6 is 0 Å². The molecule has 2 atom stereocenters. The van der Waals surface area contributed by atoms with E-state index in [0.717, 1.165) is 0 Å². The maximum Gasteiger partial charge on any atom is 0.334 e. The van der Waals surface area contributed by atoms with Gasteiger partial charge in [-0.1, -0.05) is 80.6 Å². The maximum absolute atomic E-state index is 13.2. The Morgan fingerprint density at radius 1 is 0.750 bits per heavy atom. The van der Waals surface area contributed by atoms with Gasteiger partial charge < -0.3 is 15.4 Å². The first-order valence-electron chi connectivity index (χ1n) is 10.4. The van der Waals surface area contributed by atoms with E-state index in [2.05, 4.69) is 10.6 Å². The molecule has 0 fully saturated rings. The van der Waals surface area contributed by atoms with Crippen LogP contribution in [0.4, 0.5) is 5.69 Å². The van der Waals surface area contributed by atoms with Gasteiger partial charge in [0.25, 0.3) is 11.8 Å².